The fourth-order valence-corrected chi connectivity index (χ4v) is 1.64. The van der Waals surface area contributed by atoms with E-state index >= 15 is 0 Å². The van der Waals surface area contributed by atoms with Gasteiger partial charge in [-0.3, -0.25) is 4.98 Å². The first kappa shape index (κ1) is 8.59. The molecule has 0 radical (unpaired) electrons. The van der Waals surface area contributed by atoms with Crippen LogP contribution in [-0.2, 0) is 0 Å². The summed E-state index contributed by atoms with van der Waals surface area (Å²) in [7, 11) is 0. The maximum absolute atomic E-state index is 12.8. The van der Waals surface area contributed by atoms with E-state index in [9.17, 15) is 9.50 Å². The molecule has 0 aromatic carbocycles. The second kappa shape index (κ2) is 3.40. The summed E-state index contributed by atoms with van der Waals surface area (Å²) in [4.78, 5) is 3.75. The average molecular weight is 182 g/mol. The van der Waals surface area contributed by atoms with E-state index in [1.165, 1.54) is 6.07 Å². The van der Waals surface area contributed by atoms with Crippen LogP contribution in [0.15, 0.2) is 18.5 Å². The Morgan fingerprint density at radius 2 is 2.31 bits per heavy atom. The first-order valence-electron chi connectivity index (χ1n) is 4.26. The Morgan fingerprint density at radius 1 is 1.46 bits per heavy atom. The molecule has 1 aliphatic rings. The molecule has 0 bridgehead atoms. The Hall–Kier alpha value is -1.00. The van der Waals surface area contributed by atoms with E-state index in [2.05, 4.69) is 10.3 Å². The molecule has 0 saturated carbocycles. The van der Waals surface area contributed by atoms with Crippen LogP contribution in [0.25, 0.3) is 0 Å². The molecule has 2 rings (SSSR count). The minimum Gasteiger partial charge on any atom is -0.391 e. The Bertz CT molecular complexity index is 305. The maximum atomic E-state index is 12.8. The van der Waals surface area contributed by atoms with Crippen LogP contribution in [0.2, 0.25) is 0 Å². The molecule has 1 aliphatic heterocycles. The van der Waals surface area contributed by atoms with E-state index in [-0.39, 0.29) is 11.7 Å². The predicted molar refractivity (Wildman–Crippen MR) is 45.8 cm³/mol. The summed E-state index contributed by atoms with van der Waals surface area (Å²) in [6, 6.07) is 1.42. The molecular formula is C9H11FN2O. The van der Waals surface area contributed by atoms with Gasteiger partial charge in [-0.15, -0.1) is 0 Å². The van der Waals surface area contributed by atoms with Crippen molar-refractivity contribution in [1.82, 2.24) is 10.3 Å². The Labute approximate surface area is 75.6 Å². The third-order valence-corrected chi connectivity index (χ3v) is 2.34. The van der Waals surface area contributed by atoms with E-state index in [1.807, 2.05) is 0 Å². The number of nitrogens with zero attached hydrogens (tertiary/aromatic N) is 1. The SMILES string of the molecule is OC1CNCC1c1cncc(F)c1. The van der Waals surface area contributed by atoms with E-state index < -0.39 is 6.10 Å². The lowest BCUT2D eigenvalue weighted by Gasteiger charge is -2.12. The van der Waals surface area contributed by atoms with Crippen LogP contribution in [0, 0.1) is 5.82 Å². The highest BCUT2D eigenvalue weighted by molar-refractivity contribution is 5.19. The Morgan fingerprint density at radius 3 is 2.92 bits per heavy atom. The molecule has 4 heteroatoms. The maximum Gasteiger partial charge on any atom is 0.141 e. The number of aliphatic hydroxyl groups is 1. The van der Waals surface area contributed by atoms with Gasteiger partial charge in [0.25, 0.3) is 0 Å². The van der Waals surface area contributed by atoms with Crippen LogP contribution in [0.4, 0.5) is 4.39 Å². The number of rotatable bonds is 1. The van der Waals surface area contributed by atoms with Crippen molar-refractivity contribution in [2.45, 2.75) is 12.0 Å². The van der Waals surface area contributed by atoms with Crippen molar-refractivity contribution in [2.75, 3.05) is 13.1 Å². The number of aromatic nitrogens is 1. The molecule has 13 heavy (non-hydrogen) atoms. The first-order valence-corrected chi connectivity index (χ1v) is 4.26. The second-order valence-corrected chi connectivity index (χ2v) is 3.27. The molecule has 3 nitrogen and oxygen atoms in total. The zero-order chi connectivity index (χ0) is 9.26. The molecule has 1 aromatic rings. The topological polar surface area (TPSA) is 45.1 Å². The zero-order valence-corrected chi connectivity index (χ0v) is 7.07. The standard InChI is InChI=1S/C9H11FN2O/c10-7-1-6(2-11-3-7)8-4-12-5-9(8)13/h1-3,8-9,12-13H,4-5H2. The lowest BCUT2D eigenvalue weighted by atomic mass is 9.98. The van der Waals surface area contributed by atoms with Gasteiger partial charge in [0.15, 0.2) is 0 Å². The normalized spacial score (nSPS) is 27.8. The van der Waals surface area contributed by atoms with Crippen LogP contribution in [0.5, 0.6) is 0 Å². The summed E-state index contributed by atoms with van der Waals surface area (Å²) >= 11 is 0. The highest BCUT2D eigenvalue weighted by Crippen LogP contribution is 2.22. The minimum absolute atomic E-state index is 0.0248. The monoisotopic (exact) mass is 182 g/mol. The third kappa shape index (κ3) is 1.68. The van der Waals surface area contributed by atoms with Gasteiger partial charge in [0.2, 0.25) is 0 Å². The number of nitrogens with one attached hydrogen (secondary N) is 1. The zero-order valence-electron chi connectivity index (χ0n) is 7.07. The fraction of sp³-hybridized carbons (Fsp3) is 0.444. The van der Waals surface area contributed by atoms with Gasteiger partial charge in [-0.05, 0) is 11.6 Å². The number of halogens is 1. The van der Waals surface area contributed by atoms with E-state index in [0.29, 0.717) is 13.1 Å². The molecule has 70 valence electrons. The Balaban J connectivity index is 2.24. The number of hydrogen-bond donors (Lipinski definition) is 2. The van der Waals surface area contributed by atoms with Crippen molar-refractivity contribution in [3.05, 3.63) is 29.8 Å². The van der Waals surface area contributed by atoms with Crippen molar-refractivity contribution in [3.63, 3.8) is 0 Å². The summed E-state index contributed by atoms with van der Waals surface area (Å²) in [5.74, 6) is -0.375. The predicted octanol–water partition coefficient (Wildman–Crippen LogP) is 0.268. The van der Waals surface area contributed by atoms with Crippen LogP contribution in [0.1, 0.15) is 11.5 Å². The molecule has 2 heterocycles. The summed E-state index contributed by atoms with van der Waals surface area (Å²) in [5.41, 5.74) is 0.762. The average Bonchev–Trinajstić information content (AvgIpc) is 2.51. The number of hydrogen-bond acceptors (Lipinski definition) is 3. The molecule has 0 amide bonds. The van der Waals surface area contributed by atoms with Crippen LogP contribution in [-0.4, -0.2) is 29.3 Å². The summed E-state index contributed by atoms with van der Waals surface area (Å²) in [5, 5.41) is 12.6. The molecule has 1 saturated heterocycles. The first-order chi connectivity index (χ1) is 6.27. The van der Waals surface area contributed by atoms with E-state index in [0.717, 1.165) is 11.8 Å². The van der Waals surface area contributed by atoms with Crippen molar-refractivity contribution < 1.29 is 9.50 Å². The van der Waals surface area contributed by atoms with Gasteiger partial charge in [-0.25, -0.2) is 4.39 Å². The van der Waals surface area contributed by atoms with Crippen LogP contribution in [0.3, 0.4) is 0 Å². The molecule has 2 atom stereocenters. The minimum atomic E-state index is -0.427. The van der Waals surface area contributed by atoms with Gasteiger partial charge in [0.05, 0.1) is 12.3 Å². The lowest BCUT2D eigenvalue weighted by Crippen LogP contribution is -2.16. The van der Waals surface area contributed by atoms with Crippen LogP contribution >= 0.6 is 0 Å². The molecule has 2 N–H and O–H groups in total. The number of β-amino-alcohol motifs (C(OH)–C–C–N with tert-alkyl or cyclic N) is 1. The van der Waals surface area contributed by atoms with E-state index in [4.69, 9.17) is 0 Å². The third-order valence-electron chi connectivity index (χ3n) is 2.34. The molecule has 1 fully saturated rings. The molecule has 2 unspecified atom stereocenters. The lowest BCUT2D eigenvalue weighted by molar-refractivity contribution is 0.177. The van der Waals surface area contributed by atoms with Crippen molar-refractivity contribution in [2.24, 2.45) is 0 Å². The highest BCUT2D eigenvalue weighted by Gasteiger charge is 2.26. The van der Waals surface area contributed by atoms with Crippen LogP contribution < -0.4 is 5.32 Å². The second-order valence-electron chi connectivity index (χ2n) is 3.27. The van der Waals surface area contributed by atoms with Gasteiger partial charge in [0, 0.05) is 25.2 Å². The van der Waals surface area contributed by atoms with Gasteiger partial charge in [0.1, 0.15) is 5.82 Å². The quantitative estimate of drug-likeness (QED) is 0.655. The van der Waals surface area contributed by atoms with Crippen molar-refractivity contribution in [3.8, 4) is 0 Å². The molecule has 0 aliphatic carbocycles. The highest BCUT2D eigenvalue weighted by atomic mass is 19.1. The molecular weight excluding hydrogens is 171 g/mol. The van der Waals surface area contributed by atoms with E-state index in [1.54, 1.807) is 6.20 Å². The number of aliphatic hydroxyl groups excluding tert-OH is 1. The summed E-state index contributed by atoms with van der Waals surface area (Å²) in [6.07, 6.45) is 2.34. The largest absolute Gasteiger partial charge is 0.391 e. The number of pyridine rings is 1. The van der Waals surface area contributed by atoms with Gasteiger partial charge >= 0.3 is 0 Å². The molecule has 0 spiro atoms. The Kier molecular flexibility index (Phi) is 2.24. The van der Waals surface area contributed by atoms with Crippen molar-refractivity contribution in [1.29, 1.82) is 0 Å². The summed E-state index contributed by atoms with van der Waals surface area (Å²) in [6.45, 7) is 1.26. The van der Waals surface area contributed by atoms with Gasteiger partial charge in [-0.2, -0.15) is 0 Å². The summed E-state index contributed by atoms with van der Waals surface area (Å²) < 4.78 is 12.8. The fourth-order valence-electron chi connectivity index (χ4n) is 1.64. The molecule has 1 aromatic heterocycles. The van der Waals surface area contributed by atoms with Crippen molar-refractivity contribution >= 4 is 0 Å². The smallest absolute Gasteiger partial charge is 0.141 e. The van der Waals surface area contributed by atoms with Gasteiger partial charge < -0.3 is 10.4 Å². The van der Waals surface area contributed by atoms with Gasteiger partial charge in [-0.1, -0.05) is 0 Å².